The van der Waals surface area contributed by atoms with E-state index in [1.165, 1.54) is 0 Å². The first kappa shape index (κ1) is 17.0. The highest BCUT2D eigenvalue weighted by Gasteiger charge is 2.26. The second kappa shape index (κ2) is 7.74. The Balaban J connectivity index is 1.94. The molecule has 2 amide bonds. The Hall–Kier alpha value is -1.40. The molecule has 1 saturated carbocycles. The smallest absolute Gasteiger partial charge is 0.321 e. The molecule has 0 bridgehead atoms. The van der Waals surface area contributed by atoms with Crippen LogP contribution in [0, 0.1) is 5.92 Å². The minimum atomic E-state index is -1.06. The minimum absolute atomic E-state index is 0.147. The summed E-state index contributed by atoms with van der Waals surface area (Å²) in [5.41, 5.74) is 0.661. The molecule has 0 aromatic heterocycles. The van der Waals surface area contributed by atoms with Crippen molar-refractivity contribution in [2.75, 3.05) is 25.2 Å². The number of amides is 2. The van der Waals surface area contributed by atoms with Gasteiger partial charge in [0.05, 0.1) is 0 Å². The Bertz CT molecular complexity index is 542. The molecule has 0 radical (unpaired) electrons. The molecule has 1 fully saturated rings. The zero-order valence-electron chi connectivity index (χ0n) is 13.1. The molecular weight excluding hydrogens is 300 g/mol. The molecule has 2 N–H and O–H groups in total. The lowest BCUT2D eigenvalue weighted by Gasteiger charge is -2.34. The van der Waals surface area contributed by atoms with Crippen LogP contribution in [0.2, 0.25) is 0 Å². The van der Waals surface area contributed by atoms with Gasteiger partial charge < -0.3 is 15.3 Å². The number of nitrogens with zero attached hydrogens (tertiary/aromatic N) is 1. The third-order valence-electron chi connectivity index (χ3n) is 4.36. The van der Waals surface area contributed by atoms with Crippen molar-refractivity contribution in [1.82, 2.24) is 4.90 Å². The average molecular weight is 324 g/mol. The first-order valence-electron chi connectivity index (χ1n) is 7.59. The maximum Gasteiger partial charge on any atom is 0.321 e. The van der Waals surface area contributed by atoms with E-state index < -0.39 is 10.8 Å². The number of carbonyl (C=O) groups is 1. The van der Waals surface area contributed by atoms with Gasteiger partial charge in [0.15, 0.2) is 0 Å². The average Bonchev–Trinajstić information content (AvgIpc) is 2.54. The van der Waals surface area contributed by atoms with Crippen LogP contribution in [0.5, 0.6) is 0 Å². The molecule has 1 unspecified atom stereocenters. The van der Waals surface area contributed by atoms with Crippen LogP contribution in [0.3, 0.4) is 0 Å². The molecule has 1 atom stereocenters. The molecule has 122 valence electrons. The number of hydrogen-bond acceptors (Lipinski definition) is 3. The van der Waals surface area contributed by atoms with Crippen LogP contribution < -0.4 is 5.32 Å². The summed E-state index contributed by atoms with van der Waals surface area (Å²) in [4.78, 5) is 14.8. The largest absolute Gasteiger partial charge is 0.396 e. The number of carbonyl (C=O) groups excluding carboxylic acids is 1. The topological polar surface area (TPSA) is 69.6 Å². The van der Waals surface area contributed by atoms with Crippen molar-refractivity contribution in [3.63, 3.8) is 0 Å². The SMILES string of the molecule is CN(C(=O)Nc1cccc(S(C)=O)c1)C1CCC(CO)CC1. The summed E-state index contributed by atoms with van der Waals surface area (Å²) in [7, 11) is 0.744. The quantitative estimate of drug-likeness (QED) is 0.894. The summed E-state index contributed by atoms with van der Waals surface area (Å²) in [6.45, 7) is 0.240. The summed E-state index contributed by atoms with van der Waals surface area (Å²) >= 11 is 0. The first-order chi connectivity index (χ1) is 10.5. The van der Waals surface area contributed by atoms with E-state index in [0.29, 0.717) is 16.5 Å². The van der Waals surface area contributed by atoms with Crippen molar-refractivity contribution in [2.24, 2.45) is 5.92 Å². The molecule has 0 spiro atoms. The Labute approximate surface area is 134 Å². The van der Waals surface area contributed by atoms with Gasteiger partial charge in [0.25, 0.3) is 0 Å². The Morgan fingerprint density at radius 1 is 1.36 bits per heavy atom. The number of nitrogens with one attached hydrogen (secondary N) is 1. The van der Waals surface area contributed by atoms with Gasteiger partial charge in [0, 0.05) is 47.3 Å². The van der Waals surface area contributed by atoms with Gasteiger partial charge in [0.2, 0.25) is 0 Å². The van der Waals surface area contributed by atoms with E-state index in [2.05, 4.69) is 5.32 Å². The van der Waals surface area contributed by atoms with Crippen molar-refractivity contribution in [2.45, 2.75) is 36.6 Å². The fourth-order valence-corrected chi connectivity index (χ4v) is 3.41. The van der Waals surface area contributed by atoms with E-state index in [0.717, 1.165) is 25.7 Å². The second-order valence-corrected chi connectivity index (χ2v) is 7.26. The lowest BCUT2D eigenvalue weighted by atomic mass is 9.86. The predicted octanol–water partition coefficient (Wildman–Crippen LogP) is 2.44. The van der Waals surface area contributed by atoms with Gasteiger partial charge in [-0.05, 0) is 49.8 Å². The van der Waals surface area contributed by atoms with Crippen LogP contribution in [-0.4, -0.2) is 46.2 Å². The van der Waals surface area contributed by atoms with Gasteiger partial charge in [-0.25, -0.2) is 4.79 Å². The van der Waals surface area contributed by atoms with Gasteiger partial charge >= 0.3 is 6.03 Å². The van der Waals surface area contributed by atoms with Crippen LogP contribution in [0.1, 0.15) is 25.7 Å². The normalized spacial score (nSPS) is 22.9. The van der Waals surface area contributed by atoms with Crippen molar-refractivity contribution in [3.8, 4) is 0 Å². The van der Waals surface area contributed by atoms with Crippen LogP contribution in [0.25, 0.3) is 0 Å². The summed E-state index contributed by atoms with van der Waals surface area (Å²) in [5, 5.41) is 12.0. The maximum absolute atomic E-state index is 12.3. The monoisotopic (exact) mass is 324 g/mol. The summed E-state index contributed by atoms with van der Waals surface area (Å²) < 4.78 is 11.5. The number of rotatable bonds is 4. The Morgan fingerprint density at radius 2 is 2.05 bits per heavy atom. The van der Waals surface area contributed by atoms with E-state index in [9.17, 15) is 14.1 Å². The lowest BCUT2D eigenvalue weighted by Crippen LogP contribution is -2.42. The fraction of sp³-hybridized carbons (Fsp3) is 0.562. The second-order valence-electron chi connectivity index (χ2n) is 5.88. The number of anilines is 1. The first-order valence-corrected chi connectivity index (χ1v) is 9.15. The standard InChI is InChI=1S/C16H24N2O3S/c1-18(14-8-6-12(11-19)7-9-14)16(20)17-13-4-3-5-15(10-13)22(2)21/h3-5,10,12,14,19H,6-9,11H2,1-2H3,(H,17,20). The van der Waals surface area contributed by atoms with Gasteiger partial charge in [-0.2, -0.15) is 0 Å². The van der Waals surface area contributed by atoms with Crippen LogP contribution >= 0.6 is 0 Å². The summed E-state index contributed by atoms with van der Waals surface area (Å²) in [5.74, 6) is 0.379. The van der Waals surface area contributed by atoms with Gasteiger partial charge in [0.1, 0.15) is 0 Å². The van der Waals surface area contributed by atoms with Crippen molar-refractivity contribution in [1.29, 1.82) is 0 Å². The molecule has 6 heteroatoms. The molecule has 0 saturated heterocycles. The van der Waals surface area contributed by atoms with E-state index in [-0.39, 0.29) is 18.7 Å². The molecule has 1 aliphatic rings. The maximum atomic E-state index is 12.3. The van der Waals surface area contributed by atoms with E-state index >= 15 is 0 Å². The fourth-order valence-electron chi connectivity index (χ4n) is 2.84. The molecule has 5 nitrogen and oxygen atoms in total. The highest BCUT2D eigenvalue weighted by Crippen LogP contribution is 2.27. The van der Waals surface area contributed by atoms with Crippen molar-refractivity contribution >= 4 is 22.5 Å². The van der Waals surface area contributed by atoms with E-state index in [1.807, 2.05) is 0 Å². The molecule has 0 heterocycles. The third kappa shape index (κ3) is 4.30. The van der Waals surface area contributed by atoms with E-state index in [4.69, 9.17) is 0 Å². The van der Waals surface area contributed by atoms with Crippen molar-refractivity contribution < 1.29 is 14.1 Å². The summed E-state index contributed by atoms with van der Waals surface area (Å²) in [6, 6.07) is 7.18. The molecular formula is C16H24N2O3S. The highest BCUT2D eigenvalue weighted by atomic mass is 32.2. The van der Waals surface area contributed by atoms with Gasteiger partial charge in [-0.3, -0.25) is 4.21 Å². The molecule has 22 heavy (non-hydrogen) atoms. The van der Waals surface area contributed by atoms with Crippen LogP contribution in [-0.2, 0) is 10.8 Å². The predicted molar refractivity (Wildman–Crippen MR) is 88.4 cm³/mol. The molecule has 2 rings (SSSR count). The number of aliphatic hydroxyl groups is 1. The number of hydrogen-bond donors (Lipinski definition) is 2. The number of urea groups is 1. The van der Waals surface area contributed by atoms with Crippen LogP contribution in [0.4, 0.5) is 10.5 Å². The lowest BCUT2D eigenvalue weighted by molar-refractivity contribution is 0.139. The van der Waals surface area contributed by atoms with E-state index in [1.54, 1.807) is 42.5 Å². The highest BCUT2D eigenvalue weighted by molar-refractivity contribution is 7.84. The zero-order valence-corrected chi connectivity index (χ0v) is 13.9. The van der Waals surface area contributed by atoms with Gasteiger partial charge in [-0.15, -0.1) is 0 Å². The van der Waals surface area contributed by atoms with Gasteiger partial charge in [-0.1, -0.05) is 6.07 Å². The minimum Gasteiger partial charge on any atom is -0.396 e. The zero-order chi connectivity index (χ0) is 16.1. The molecule has 1 aromatic carbocycles. The summed E-state index contributed by atoms with van der Waals surface area (Å²) in [6.07, 6.45) is 5.39. The Kier molecular flexibility index (Phi) is 5.97. The third-order valence-corrected chi connectivity index (χ3v) is 5.28. The number of benzene rings is 1. The number of aliphatic hydroxyl groups excluding tert-OH is 1. The molecule has 0 aliphatic heterocycles. The molecule has 1 aromatic rings. The Morgan fingerprint density at radius 3 is 2.64 bits per heavy atom. The molecule has 1 aliphatic carbocycles. The van der Waals surface area contributed by atoms with Crippen LogP contribution in [0.15, 0.2) is 29.2 Å². The van der Waals surface area contributed by atoms with Crippen molar-refractivity contribution in [3.05, 3.63) is 24.3 Å².